The number of aryl methyl sites for hydroxylation is 1. The molecule has 7 heteroatoms. The van der Waals surface area contributed by atoms with E-state index in [0.29, 0.717) is 17.7 Å². The van der Waals surface area contributed by atoms with Gasteiger partial charge in [-0.2, -0.15) is 4.98 Å². The fourth-order valence-corrected chi connectivity index (χ4v) is 2.69. The van der Waals surface area contributed by atoms with Crippen LogP contribution in [-0.4, -0.2) is 35.3 Å². The van der Waals surface area contributed by atoms with E-state index in [4.69, 9.17) is 14.5 Å². The summed E-state index contributed by atoms with van der Waals surface area (Å²) in [6.07, 6.45) is 1.06. The summed E-state index contributed by atoms with van der Waals surface area (Å²) < 4.78 is 12.5. The molecule has 0 aliphatic carbocycles. The Kier molecular flexibility index (Phi) is 4.92. The van der Waals surface area contributed by atoms with Gasteiger partial charge in [0.25, 0.3) is 0 Å². The number of aromatic nitrogens is 3. The van der Waals surface area contributed by atoms with Crippen molar-refractivity contribution in [2.75, 3.05) is 31.4 Å². The smallest absolute Gasteiger partial charge is 0.240 e. The summed E-state index contributed by atoms with van der Waals surface area (Å²) in [6, 6.07) is 9.72. The minimum absolute atomic E-state index is 0.454. The number of fused-ring (bicyclic) bond motifs is 1. The number of para-hydroxylation sites is 1. The number of ether oxygens (including phenoxy) is 2. The maximum absolute atomic E-state index is 5.35. The van der Waals surface area contributed by atoms with E-state index in [2.05, 4.69) is 28.6 Å². The zero-order valence-electron chi connectivity index (χ0n) is 15.0. The normalized spacial score (nSPS) is 10.7. The Morgan fingerprint density at radius 3 is 2.60 bits per heavy atom. The summed E-state index contributed by atoms with van der Waals surface area (Å²) in [5.41, 5.74) is 3.78. The molecule has 3 rings (SSSR count). The van der Waals surface area contributed by atoms with Crippen molar-refractivity contribution in [3.8, 4) is 11.8 Å². The number of hydrogen-bond donors (Lipinski definition) is 2. The lowest BCUT2D eigenvalue weighted by atomic mass is 10.2. The van der Waals surface area contributed by atoms with Crippen LogP contribution in [0.1, 0.15) is 13.3 Å². The lowest BCUT2D eigenvalue weighted by Crippen LogP contribution is -2.04. The van der Waals surface area contributed by atoms with Crippen LogP contribution >= 0.6 is 0 Å². The van der Waals surface area contributed by atoms with Crippen molar-refractivity contribution in [3.05, 3.63) is 30.3 Å². The molecule has 0 fully saturated rings. The van der Waals surface area contributed by atoms with Crippen LogP contribution in [0.5, 0.6) is 11.8 Å². The second kappa shape index (κ2) is 7.29. The molecule has 3 aromatic rings. The first kappa shape index (κ1) is 16.9. The molecule has 0 bridgehead atoms. The second-order valence-electron chi connectivity index (χ2n) is 5.63. The highest BCUT2D eigenvalue weighted by atomic mass is 16.5. The van der Waals surface area contributed by atoms with Crippen LogP contribution in [0.3, 0.4) is 0 Å². The highest BCUT2D eigenvalue weighted by Crippen LogP contribution is 2.31. The van der Waals surface area contributed by atoms with E-state index in [1.54, 1.807) is 20.3 Å². The molecule has 0 radical (unpaired) electrons. The molecular formula is C18H23N5O2. The molecule has 0 aliphatic heterocycles. The topological polar surface area (TPSA) is 73.2 Å². The first-order valence-corrected chi connectivity index (χ1v) is 8.23. The van der Waals surface area contributed by atoms with E-state index in [9.17, 15) is 0 Å². The molecule has 0 amide bonds. The fraction of sp³-hybridized carbons (Fsp3) is 0.333. The van der Waals surface area contributed by atoms with E-state index < -0.39 is 0 Å². The van der Waals surface area contributed by atoms with Crippen molar-refractivity contribution >= 4 is 28.4 Å². The molecule has 1 aromatic carbocycles. The highest BCUT2D eigenvalue weighted by Gasteiger charge is 2.14. The predicted octanol–water partition coefficient (Wildman–Crippen LogP) is 3.55. The Morgan fingerprint density at radius 1 is 1.04 bits per heavy atom. The summed E-state index contributed by atoms with van der Waals surface area (Å²) >= 11 is 0. The number of pyridine rings is 1. The quantitative estimate of drug-likeness (QED) is 0.685. The van der Waals surface area contributed by atoms with Gasteiger partial charge < -0.3 is 24.7 Å². The van der Waals surface area contributed by atoms with Crippen molar-refractivity contribution in [2.45, 2.75) is 13.3 Å². The monoisotopic (exact) mass is 341 g/mol. The first-order chi connectivity index (χ1) is 12.2. The van der Waals surface area contributed by atoms with Crippen molar-refractivity contribution in [1.82, 2.24) is 14.5 Å². The van der Waals surface area contributed by atoms with Crippen LogP contribution in [0.4, 0.5) is 17.3 Å². The van der Waals surface area contributed by atoms with E-state index in [-0.39, 0.29) is 0 Å². The molecule has 7 nitrogen and oxygen atoms in total. The van der Waals surface area contributed by atoms with Gasteiger partial charge in [-0.25, -0.2) is 4.98 Å². The first-order valence-electron chi connectivity index (χ1n) is 8.23. The Morgan fingerprint density at radius 2 is 1.88 bits per heavy atom. The van der Waals surface area contributed by atoms with Gasteiger partial charge >= 0.3 is 0 Å². The lowest BCUT2D eigenvalue weighted by Gasteiger charge is -2.12. The van der Waals surface area contributed by atoms with E-state index >= 15 is 0 Å². The van der Waals surface area contributed by atoms with Gasteiger partial charge in [0, 0.05) is 19.7 Å². The number of methoxy groups -OCH3 is 2. The Hall–Kier alpha value is -2.96. The predicted molar refractivity (Wildman–Crippen MR) is 100 cm³/mol. The second-order valence-corrected chi connectivity index (χ2v) is 5.63. The van der Waals surface area contributed by atoms with Gasteiger partial charge in [0.05, 0.1) is 30.9 Å². The summed E-state index contributed by atoms with van der Waals surface area (Å²) in [6.45, 7) is 3.07. The lowest BCUT2D eigenvalue weighted by molar-refractivity contribution is 0.366. The van der Waals surface area contributed by atoms with Crippen LogP contribution in [0.25, 0.3) is 11.0 Å². The molecular weight excluding hydrogens is 318 g/mol. The Balaban J connectivity index is 1.98. The maximum Gasteiger partial charge on any atom is 0.240 e. The highest BCUT2D eigenvalue weighted by molar-refractivity contribution is 5.91. The number of nitrogens with zero attached hydrogens (tertiary/aromatic N) is 3. The molecule has 0 unspecified atom stereocenters. The van der Waals surface area contributed by atoms with Gasteiger partial charge in [-0.15, -0.1) is 0 Å². The number of rotatable bonds is 7. The van der Waals surface area contributed by atoms with Gasteiger partial charge in [0.2, 0.25) is 17.7 Å². The van der Waals surface area contributed by atoms with Gasteiger partial charge in [-0.05, 0) is 24.6 Å². The van der Waals surface area contributed by atoms with Gasteiger partial charge in [-0.1, -0.05) is 13.0 Å². The molecule has 0 aliphatic rings. The molecule has 0 saturated heterocycles. The zero-order valence-corrected chi connectivity index (χ0v) is 15.0. The van der Waals surface area contributed by atoms with Crippen LogP contribution in [0.15, 0.2) is 30.3 Å². The average Bonchev–Trinajstić information content (AvgIpc) is 2.96. The average molecular weight is 341 g/mol. The summed E-state index contributed by atoms with van der Waals surface area (Å²) in [4.78, 5) is 8.98. The summed E-state index contributed by atoms with van der Waals surface area (Å²) in [5, 5.41) is 6.75. The summed E-state index contributed by atoms with van der Waals surface area (Å²) in [7, 11) is 5.14. The standard InChI is InChI=1S/C18H23N5O2/c1-5-11-19-12-7-6-8-13-16(12)23(2)18(20-13)21-14-9-10-15(24-3)22-17(14)25-4/h6-10,19H,5,11H2,1-4H3,(H,20,21). The van der Waals surface area contributed by atoms with Crippen molar-refractivity contribution < 1.29 is 9.47 Å². The molecule has 2 aromatic heterocycles. The van der Waals surface area contributed by atoms with Gasteiger partial charge in [0.1, 0.15) is 5.69 Å². The Labute approximate surface area is 147 Å². The molecule has 25 heavy (non-hydrogen) atoms. The van der Waals surface area contributed by atoms with Crippen LogP contribution in [-0.2, 0) is 7.05 Å². The minimum atomic E-state index is 0.454. The van der Waals surface area contributed by atoms with Crippen molar-refractivity contribution in [2.24, 2.45) is 7.05 Å². The third-order valence-electron chi connectivity index (χ3n) is 3.94. The van der Waals surface area contributed by atoms with E-state index in [1.165, 1.54) is 0 Å². The number of imidazole rings is 1. The molecule has 2 heterocycles. The van der Waals surface area contributed by atoms with Crippen LogP contribution < -0.4 is 20.1 Å². The number of anilines is 3. The van der Waals surface area contributed by atoms with Crippen LogP contribution in [0.2, 0.25) is 0 Å². The van der Waals surface area contributed by atoms with E-state index in [1.807, 2.05) is 29.8 Å². The van der Waals surface area contributed by atoms with E-state index in [0.717, 1.165) is 35.4 Å². The van der Waals surface area contributed by atoms with Crippen molar-refractivity contribution in [1.29, 1.82) is 0 Å². The molecule has 2 N–H and O–H groups in total. The third kappa shape index (κ3) is 3.31. The molecule has 0 atom stereocenters. The molecule has 0 spiro atoms. The fourth-order valence-electron chi connectivity index (χ4n) is 2.69. The number of nitrogens with one attached hydrogen (secondary N) is 2. The van der Waals surface area contributed by atoms with Crippen molar-refractivity contribution in [3.63, 3.8) is 0 Å². The summed E-state index contributed by atoms with van der Waals surface area (Å²) in [5.74, 6) is 1.67. The number of benzene rings is 1. The van der Waals surface area contributed by atoms with Gasteiger partial charge in [0.15, 0.2) is 0 Å². The minimum Gasteiger partial charge on any atom is -0.481 e. The van der Waals surface area contributed by atoms with Gasteiger partial charge in [-0.3, -0.25) is 0 Å². The maximum atomic E-state index is 5.35. The largest absolute Gasteiger partial charge is 0.481 e. The molecule has 132 valence electrons. The SMILES string of the molecule is CCCNc1cccc2nc(Nc3ccc(OC)nc3OC)n(C)c12. The third-order valence-corrected chi connectivity index (χ3v) is 3.94. The van der Waals surface area contributed by atoms with Crippen LogP contribution in [0, 0.1) is 0 Å². The molecule has 0 saturated carbocycles. The zero-order chi connectivity index (χ0) is 17.8. The Bertz CT molecular complexity index is 875. The number of hydrogen-bond acceptors (Lipinski definition) is 6.